The summed E-state index contributed by atoms with van der Waals surface area (Å²) >= 11 is 0. The van der Waals surface area contributed by atoms with Crippen molar-refractivity contribution in [1.82, 2.24) is 5.32 Å². The predicted molar refractivity (Wildman–Crippen MR) is 89.9 cm³/mol. The molecule has 2 aromatic carbocycles. The Hall–Kier alpha value is -1.80. The van der Waals surface area contributed by atoms with E-state index in [9.17, 15) is 0 Å². The molecule has 0 unspecified atom stereocenters. The molecule has 1 aliphatic heterocycles. The van der Waals surface area contributed by atoms with Crippen molar-refractivity contribution in [1.29, 1.82) is 0 Å². The highest BCUT2D eigenvalue weighted by Gasteiger charge is 2.19. The van der Waals surface area contributed by atoms with Crippen molar-refractivity contribution in [2.24, 2.45) is 0 Å². The third-order valence-corrected chi connectivity index (χ3v) is 4.25. The summed E-state index contributed by atoms with van der Waals surface area (Å²) in [4.78, 5) is 2.52. The molecule has 0 amide bonds. The Bertz CT molecular complexity index is 577. The number of nitrogens with one attached hydrogen (secondary N) is 1. The number of hydrogen-bond donors (Lipinski definition) is 1. The van der Waals surface area contributed by atoms with Crippen molar-refractivity contribution in [2.45, 2.75) is 25.8 Å². The van der Waals surface area contributed by atoms with E-state index in [2.05, 4.69) is 58.7 Å². The van der Waals surface area contributed by atoms with Gasteiger partial charge >= 0.3 is 0 Å². The highest BCUT2D eigenvalue weighted by Crippen LogP contribution is 2.30. The van der Waals surface area contributed by atoms with Gasteiger partial charge in [-0.3, -0.25) is 0 Å². The summed E-state index contributed by atoms with van der Waals surface area (Å²) in [6, 6.07) is 17.8. The Morgan fingerprint density at radius 2 is 1.90 bits per heavy atom. The Kier molecular flexibility index (Phi) is 4.56. The molecule has 2 aromatic rings. The first-order valence-corrected chi connectivity index (χ1v) is 7.92. The molecule has 0 bridgehead atoms. The van der Waals surface area contributed by atoms with Crippen LogP contribution in [-0.2, 0) is 19.4 Å². The number of fused-ring (bicyclic) bond motifs is 1. The molecule has 0 aromatic heterocycles. The van der Waals surface area contributed by atoms with Crippen LogP contribution in [0.5, 0.6) is 0 Å². The molecule has 0 atom stereocenters. The standard InChI is InChI=1S/C19H24N2/c1-20-12-5-8-16-9-10-18-11-13-21(19(18)14-16)15-17-6-3-2-4-7-17/h2-4,6-7,9-10,14,20H,5,8,11-13,15H2,1H3. The molecule has 1 aliphatic rings. The Morgan fingerprint density at radius 3 is 2.71 bits per heavy atom. The van der Waals surface area contributed by atoms with Gasteiger partial charge in [0.25, 0.3) is 0 Å². The van der Waals surface area contributed by atoms with E-state index in [1.165, 1.54) is 35.2 Å². The minimum absolute atomic E-state index is 1.02. The summed E-state index contributed by atoms with van der Waals surface area (Å²) in [5.74, 6) is 0. The second-order valence-electron chi connectivity index (χ2n) is 5.83. The number of hydrogen-bond acceptors (Lipinski definition) is 2. The van der Waals surface area contributed by atoms with E-state index in [1.807, 2.05) is 7.05 Å². The molecule has 3 rings (SSSR count). The van der Waals surface area contributed by atoms with Gasteiger partial charge in [0.05, 0.1) is 0 Å². The first-order chi connectivity index (χ1) is 10.4. The van der Waals surface area contributed by atoms with Gasteiger partial charge < -0.3 is 10.2 Å². The molecule has 0 spiro atoms. The van der Waals surface area contributed by atoms with Crippen LogP contribution in [0.2, 0.25) is 0 Å². The Balaban J connectivity index is 1.72. The molecule has 21 heavy (non-hydrogen) atoms. The van der Waals surface area contributed by atoms with Gasteiger partial charge in [0.15, 0.2) is 0 Å². The van der Waals surface area contributed by atoms with Gasteiger partial charge in [0, 0.05) is 18.8 Å². The summed E-state index contributed by atoms with van der Waals surface area (Å²) in [5.41, 5.74) is 5.80. The molecule has 0 radical (unpaired) electrons. The normalized spacial score (nSPS) is 13.5. The fourth-order valence-corrected chi connectivity index (χ4v) is 3.08. The molecule has 1 N–H and O–H groups in total. The van der Waals surface area contributed by atoms with Crippen LogP contribution < -0.4 is 10.2 Å². The van der Waals surface area contributed by atoms with E-state index in [4.69, 9.17) is 0 Å². The van der Waals surface area contributed by atoms with Crippen molar-refractivity contribution in [3.05, 3.63) is 65.2 Å². The number of nitrogens with zero attached hydrogens (tertiary/aromatic N) is 1. The van der Waals surface area contributed by atoms with Gasteiger partial charge in [-0.1, -0.05) is 42.5 Å². The molecule has 1 heterocycles. The summed E-state index contributed by atoms with van der Waals surface area (Å²) in [5, 5.41) is 3.22. The van der Waals surface area contributed by atoms with Gasteiger partial charge in [-0.05, 0) is 55.6 Å². The summed E-state index contributed by atoms with van der Waals surface area (Å²) in [6.07, 6.45) is 3.54. The average Bonchev–Trinajstić information content (AvgIpc) is 2.91. The highest BCUT2D eigenvalue weighted by atomic mass is 15.1. The lowest BCUT2D eigenvalue weighted by Gasteiger charge is -2.20. The minimum Gasteiger partial charge on any atom is -0.367 e. The van der Waals surface area contributed by atoms with E-state index in [0.29, 0.717) is 0 Å². The fraction of sp³-hybridized carbons (Fsp3) is 0.368. The maximum Gasteiger partial charge on any atom is 0.0429 e. The van der Waals surface area contributed by atoms with E-state index >= 15 is 0 Å². The Morgan fingerprint density at radius 1 is 1.05 bits per heavy atom. The van der Waals surface area contributed by atoms with Gasteiger partial charge in [0.2, 0.25) is 0 Å². The van der Waals surface area contributed by atoms with Crippen molar-refractivity contribution < 1.29 is 0 Å². The third-order valence-electron chi connectivity index (χ3n) is 4.25. The fourth-order valence-electron chi connectivity index (χ4n) is 3.08. The summed E-state index contributed by atoms with van der Waals surface area (Å²) < 4.78 is 0. The maximum atomic E-state index is 3.22. The molecule has 110 valence electrons. The lowest BCUT2D eigenvalue weighted by Crippen LogP contribution is -2.19. The number of anilines is 1. The molecule has 0 aliphatic carbocycles. The first-order valence-electron chi connectivity index (χ1n) is 7.92. The Labute approximate surface area is 127 Å². The quantitative estimate of drug-likeness (QED) is 0.816. The van der Waals surface area contributed by atoms with E-state index in [1.54, 1.807) is 0 Å². The molecule has 2 heteroatoms. The summed E-state index contributed by atoms with van der Waals surface area (Å²) in [6.45, 7) is 3.25. The van der Waals surface area contributed by atoms with Crippen LogP contribution in [0.25, 0.3) is 0 Å². The number of aryl methyl sites for hydroxylation is 1. The minimum atomic E-state index is 1.02. The highest BCUT2D eigenvalue weighted by molar-refractivity contribution is 5.59. The lowest BCUT2D eigenvalue weighted by molar-refractivity contribution is 0.724. The smallest absolute Gasteiger partial charge is 0.0429 e. The second kappa shape index (κ2) is 6.77. The zero-order valence-corrected chi connectivity index (χ0v) is 12.8. The molecular formula is C19H24N2. The largest absolute Gasteiger partial charge is 0.367 e. The van der Waals surface area contributed by atoms with E-state index in [0.717, 1.165) is 26.1 Å². The van der Waals surface area contributed by atoms with E-state index < -0.39 is 0 Å². The number of rotatable bonds is 6. The van der Waals surface area contributed by atoms with Crippen molar-refractivity contribution >= 4 is 5.69 Å². The van der Waals surface area contributed by atoms with Crippen LogP contribution in [0.1, 0.15) is 23.1 Å². The zero-order chi connectivity index (χ0) is 14.5. The van der Waals surface area contributed by atoms with Crippen LogP contribution in [0.4, 0.5) is 5.69 Å². The molecule has 0 saturated carbocycles. The van der Waals surface area contributed by atoms with Crippen LogP contribution in [0, 0.1) is 0 Å². The predicted octanol–water partition coefficient (Wildman–Crippen LogP) is 3.40. The van der Waals surface area contributed by atoms with Crippen LogP contribution in [0.3, 0.4) is 0 Å². The number of benzene rings is 2. The van der Waals surface area contributed by atoms with Crippen LogP contribution in [-0.4, -0.2) is 20.1 Å². The third kappa shape index (κ3) is 3.45. The average molecular weight is 280 g/mol. The van der Waals surface area contributed by atoms with Crippen molar-refractivity contribution in [3.8, 4) is 0 Å². The van der Waals surface area contributed by atoms with Crippen molar-refractivity contribution in [2.75, 3.05) is 25.0 Å². The molecule has 0 fully saturated rings. The monoisotopic (exact) mass is 280 g/mol. The van der Waals surface area contributed by atoms with Gasteiger partial charge in [-0.25, -0.2) is 0 Å². The van der Waals surface area contributed by atoms with E-state index in [-0.39, 0.29) is 0 Å². The maximum absolute atomic E-state index is 3.22. The summed E-state index contributed by atoms with van der Waals surface area (Å²) in [7, 11) is 2.02. The van der Waals surface area contributed by atoms with Gasteiger partial charge in [0.1, 0.15) is 0 Å². The first kappa shape index (κ1) is 14.2. The van der Waals surface area contributed by atoms with Crippen LogP contribution in [0.15, 0.2) is 48.5 Å². The second-order valence-corrected chi connectivity index (χ2v) is 5.83. The molecule has 0 saturated heterocycles. The van der Waals surface area contributed by atoms with Gasteiger partial charge in [-0.2, -0.15) is 0 Å². The van der Waals surface area contributed by atoms with Crippen LogP contribution >= 0.6 is 0 Å². The topological polar surface area (TPSA) is 15.3 Å². The zero-order valence-electron chi connectivity index (χ0n) is 12.8. The lowest BCUT2D eigenvalue weighted by atomic mass is 10.1. The SMILES string of the molecule is CNCCCc1ccc2c(c1)N(Cc1ccccc1)CC2. The molecule has 2 nitrogen and oxygen atoms in total. The van der Waals surface area contributed by atoms with Gasteiger partial charge in [-0.15, -0.1) is 0 Å². The molecular weight excluding hydrogens is 256 g/mol. The van der Waals surface area contributed by atoms with Crippen molar-refractivity contribution in [3.63, 3.8) is 0 Å².